The third-order valence-electron chi connectivity index (χ3n) is 6.00. The standard InChI is InChI=1S/C23H28N2O4S/c1-17-15-18-9-5-6-10-21(18)25(17)30(27,28)19-11-12-22(29-2)20(16-19)23(26)24-13-7-3-4-8-14-24/h5-6,9-12,16-17H,3-4,7-8,13-15H2,1-2H3/t17-/m0/s1. The molecule has 30 heavy (non-hydrogen) atoms. The first kappa shape index (κ1) is 20.7. The minimum Gasteiger partial charge on any atom is -0.496 e. The Labute approximate surface area is 178 Å². The van der Waals surface area contributed by atoms with Crippen LogP contribution in [0.1, 0.15) is 48.5 Å². The molecule has 160 valence electrons. The molecule has 1 atom stereocenters. The number of hydrogen-bond donors (Lipinski definition) is 0. The van der Waals surface area contributed by atoms with E-state index in [9.17, 15) is 13.2 Å². The van der Waals surface area contributed by atoms with Gasteiger partial charge in [-0.25, -0.2) is 8.42 Å². The largest absolute Gasteiger partial charge is 0.496 e. The summed E-state index contributed by atoms with van der Waals surface area (Å²) in [6, 6.07) is 12.0. The number of amides is 1. The summed E-state index contributed by atoms with van der Waals surface area (Å²) < 4.78 is 34.0. The Morgan fingerprint density at radius 2 is 1.73 bits per heavy atom. The zero-order chi connectivity index (χ0) is 21.3. The highest BCUT2D eigenvalue weighted by Gasteiger charge is 2.36. The van der Waals surface area contributed by atoms with Crippen LogP contribution in [0, 0.1) is 0 Å². The normalized spacial score (nSPS) is 19.3. The van der Waals surface area contributed by atoms with Crippen LogP contribution in [-0.4, -0.2) is 45.5 Å². The van der Waals surface area contributed by atoms with Gasteiger partial charge in [0, 0.05) is 19.1 Å². The molecule has 0 aromatic heterocycles. The minimum absolute atomic E-state index is 0.116. The Morgan fingerprint density at radius 1 is 1.03 bits per heavy atom. The lowest BCUT2D eigenvalue weighted by atomic mass is 10.1. The lowest BCUT2D eigenvalue weighted by Gasteiger charge is -2.26. The molecule has 1 saturated heterocycles. The molecule has 0 bridgehead atoms. The first-order valence-corrected chi connectivity index (χ1v) is 12.0. The van der Waals surface area contributed by atoms with Crippen LogP contribution in [0.3, 0.4) is 0 Å². The average molecular weight is 429 g/mol. The average Bonchev–Trinajstić information content (AvgIpc) is 2.91. The molecule has 1 amide bonds. The van der Waals surface area contributed by atoms with Crippen molar-refractivity contribution in [2.75, 3.05) is 24.5 Å². The van der Waals surface area contributed by atoms with E-state index >= 15 is 0 Å². The molecular formula is C23H28N2O4S. The summed E-state index contributed by atoms with van der Waals surface area (Å²) in [4.78, 5) is 15.2. The molecule has 7 heteroatoms. The SMILES string of the molecule is COc1ccc(S(=O)(=O)N2c3ccccc3C[C@@H]2C)cc1C(=O)N1CCCCCC1. The molecule has 1 fully saturated rings. The number of likely N-dealkylation sites (tertiary alicyclic amines) is 1. The van der Waals surface area contributed by atoms with E-state index in [1.807, 2.05) is 36.1 Å². The van der Waals surface area contributed by atoms with Crippen LogP contribution in [0.4, 0.5) is 5.69 Å². The molecule has 0 aliphatic carbocycles. The summed E-state index contributed by atoms with van der Waals surface area (Å²) in [6.45, 7) is 3.29. The van der Waals surface area contributed by atoms with Gasteiger partial charge in [-0.15, -0.1) is 0 Å². The Bertz CT molecular complexity index is 1040. The van der Waals surface area contributed by atoms with Crippen molar-refractivity contribution in [2.45, 2.75) is 50.0 Å². The van der Waals surface area contributed by atoms with Gasteiger partial charge in [0.25, 0.3) is 15.9 Å². The van der Waals surface area contributed by atoms with Crippen LogP contribution in [-0.2, 0) is 16.4 Å². The fourth-order valence-corrected chi connectivity index (χ4v) is 6.20. The first-order chi connectivity index (χ1) is 14.4. The number of benzene rings is 2. The molecule has 2 aliphatic heterocycles. The number of fused-ring (bicyclic) bond motifs is 1. The van der Waals surface area contributed by atoms with E-state index in [0.717, 1.165) is 31.2 Å². The molecular weight excluding hydrogens is 400 g/mol. The van der Waals surface area contributed by atoms with Gasteiger partial charge in [0.2, 0.25) is 0 Å². The van der Waals surface area contributed by atoms with Gasteiger partial charge in [-0.2, -0.15) is 0 Å². The number of carbonyl (C=O) groups is 1. The van der Waals surface area contributed by atoms with E-state index in [1.165, 1.54) is 23.5 Å². The monoisotopic (exact) mass is 428 g/mol. The van der Waals surface area contributed by atoms with Crippen molar-refractivity contribution < 1.29 is 17.9 Å². The predicted octanol–water partition coefficient (Wildman–Crippen LogP) is 3.85. The molecule has 0 unspecified atom stereocenters. The van der Waals surface area contributed by atoms with Crippen LogP contribution in [0.2, 0.25) is 0 Å². The first-order valence-electron chi connectivity index (χ1n) is 10.5. The van der Waals surface area contributed by atoms with E-state index in [-0.39, 0.29) is 16.8 Å². The van der Waals surface area contributed by atoms with E-state index in [0.29, 0.717) is 36.5 Å². The van der Waals surface area contributed by atoms with Crippen LogP contribution < -0.4 is 9.04 Å². The van der Waals surface area contributed by atoms with Crippen molar-refractivity contribution in [2.24, 2.45) is 0 Å². The molecule has 0 N–H and O–H groups in total. The summed E-state index contributed by atoms with van der Waals surface area (Å²) in [5.41, 5.74) is 2.03. The zero-order valence-electron chi connectivity index (χ0n) is 17.5. The van der Waals surface area contributed by atoms with Gasteiger partial charge in [0.15, 0.2) is 0 Å². The van der Waals surface area contributed by atoms with Gasteiger partial charge >= 0.3 is 0 Å². The quantitative estimate of drug-likeness (QED) is 0.742. The van der Waals surface area contributed by atoms with Crippen LogP contribution in [0.15, 0.2) is 47.4 Å². The summed E-state index contributed by atoms with van der Waals surface area (Å²) in [7, 11) is -2.31. The Kier molecular flexibility index (Phi) is 5.73. The van der Waals surface area contributed by atoms with Crippen LogP contribution >= 0.6 is 0 Å². The lowest BCUT2D eigenvalue weighted by molar-refractivity contribution is 0.0758. The Hall–Kier alpha value is -2.54. The van der Waals surface area contributed by atoms with Crippen molar-refractivity contribution in [3.63, 3.8) is 0 Å². The molecule has 0 saturated carbocycles. The van der Waals surface area contributed by atoms with Gasteiger partial charge in [-0.3, -0.25) is 9.10 Å². The highest BCUT2D eigenvalue weighted by Crippen LogP contribution is 2.37. The number of ether oxygens (including phenoxy) is 1. The van der Waals surface area contributed by atoms with Crippen molar-refractivity contribution in [1.29, 1.82) is 0 Å². The summed E-state index contributed by atoms with van der Waals surface area (Å²) in [5, 5.41) is 0. The minimum atomic E-state index is -3.81. The van der Waals surface area contributed by atoms with Gasteiger partial charge in [-0.1, -0.05) is 31.0 Å². The Balaban J connectivity index is 1.73. The summed E-state index contributed by atoms with van der Waals surface area (Å²) in [5.74, 6) is 0.235. The van der Waals surface area contributed by atoms with Crippen molar-refractivity contribution in [1.82, 2.24) is 4.90 Å². The van der Waals surface area contributed by atoms with Crippen molar-refractivity contribution in [3.05, 3.63) is 53.6 Å². The summed E-state index contributed by atoms with van der Waals surface area (Å²) in [6.07, 6.45) is 4.83. The molecule has 6 nitrogen and oxygen atoms in total. The lowest BCUT2D eigenvalue weighted by Crippen LogP contribution is -2.36. The maximum Gasteiger partial charge on any atom is 0.264 e. The molecule has 2 aromatic carbocycles. The second kappa shape index (κ2) is 8.30. The molecule has 2 aliphatic rings. The van der Waals surface area contributed by atoms with Crippen LogP contribution in [0.25, 0.3) is 0 Å². The highest BCUT2D eigenvalue weighted by atomic mass is 32.2. The molecule has 0 spiro atoms. The number of anilines is 1. The number of para-hydroxylation sites is 1. The van der Waals surface area contributed by atoms with Crippen LogP contribution in [0.5, 0.6) is 5.75 Å². The van der Waals surface area contributed by atoms with Crippen molar-refractivity contribution in [3.8, 4) is 5.75 Å². The van der Waals surface area contributed by atoms with E-state index < -0.39 is 10.0 Å². The van der Waals surface area contributed by atoms with E-state index in [1.54, 1.807) is 6.07 Å². The highest BCUT2D eigenvalue weighted by molar-refractivity contribution is 7.92. The number of hydrogen-bond acceptors (Lipinski definition) is 4. The fraction of sp³-hybridized carbons (Fsp3) is 0.435. The van der Waals surface area contributed by atoms with Gasteiger partial charge in [-0.05, 0) is 56.0 Å². The van der Waals surface area contributed by atoms with E-state index in [4.69, 9.17) is 4.74 Å². The summed E-state index contributed by atoms with van der Waals surface area (Å²) >= 11 is 0. The zero-order valence-corrected chi connectivity index (χ0v) is 18.3. The number of rotatable bonds is 4. The molecule has 0 radical (unpaired) electrons. The molecule has 2 heterocycles. The number of nitrogens with zero attached hydrogens (tertiary/aromatic N) is 2. The maximum atomic E-state index is 13.6. The third kappa shape index (κ3) is 3.67. The number of methoxy groups -OCH3 is 1. The van der Waals surface area contributed by atoms with Gasteiger partial charge < -0.3 is 9.64 Å². The van der Waals surface area contributed by atoms with Gasteiger partial charge in [0.1, 0.15) is 5.75 Å². The van der Waals surface area contributed by atoms with E-state index in [2.05, 4.69) is 0 Å². The maximum absolute atomic E-state index is 13.6. The van der Waals surface area contributed by atoms with Gasteiger partial charge in [0.05, 0.1) is 23.3 Å². The predicted molar refractivity (Wildman–Crippen MR) is 117 cm³/mol. The second-order valence-corrected chi connectivity index (χ2v) is 9.87. The molecule has 2 aromatic rings. The smallest absolute Gasteiger partial charge is 0.264 e. The second-order valence-electron chi connectivity index (χ2n) is 8.05. The fourth-order valence-electron chi connectivity index (χ4n) is 4.48. The number of sulfonamides is 1. The third-order valence-corrected chi connectivity index (χ3v) is 7.92. The number of carbonyl (C=O) groups excluding carboxylic acids is 1. The van der Waals surface area contributed by atoms with Crippen molar-refractivity contribution >= 4 is 21.6 Å². The Morgan fingerprint density at radius 3 is 2.43 bits per heavy atom. The topological polar surface area (TPSA) is 66.9 Å². The molecule has 4 rings (SSSR count).